The third kappa shape index (κ3) is 3.54. The van der Waals surface area contributed by atoms with Crippen molar-refractivity contribution in [3.05, 3.63) is 54.1 Å². The van der Waals surface area contributed by atoms with Crippen LogP contribution in [0.5, 0.6) is 5.75 Å². The van der Waals surface area contributed by atoms with Gasteiger partial charge in [-0.15, -0.1) is 0 Å². The summed E-state index contributed by atoms with van der Waals surface area (Å²) in [6.45, 7) is 3.80. The standard InChI is InChI=1S/C19H23N5O2/c1-13-20-9-14(10-21-13)19(25)24-8-7-17-16(11-24)18(23-22-17)12-26-15-5-3-2-4-6-15/h2-6,9-10,16-18,22-23H,7-8,11-12H2,1H3. The molecule has 3 unspecified atom stereocenters. The lowest BCUT2D eigenvalue weighted by Gasteiger charge is -2.36. The number of hydrogen-bond acceptors (Lipinski definition) is 6. The van der Waals surface area contributed by atoms with Crippen molar-refractivity contribution in [3.8, 4) is 5.75 Å². The van der Waals surface area contributed by atoms with Crippen LogP contribution in [0.25, 0.3) is 0 Å². The maximum absolute atomic E-state index is 12.8. The molecule has 0 saturated carbocycles. The number of nitrogens with one attached hydrogen (secondary N) is 2. The van der Waals surface area contributed by atoms with Crippen molar-refractivity contribution in [2.24, 2.45) is 5.92 Å². The molecule has 3 atom stereocenters. The number of piperidine rings is 1. The Labute approximate surface area is 152 Å². The summed E-state index contributed by atoms with van der Waals surface area (Å²) >= 11 is 0. The molecule has 136 valence electrons. The minimum atomic E-state index is -0.00178. The fraction of sp³-hybridized carbons (Fsp3) is 0.421. The van der Waals surface area contributed by atoms with E-state index in [0.717, 1.165) is 18.7 Å². The second kappa shape index (κ2) is 7.39. The number of para-hydroxylation sites is 1. The summed E-state index contributed by atoms with van der Waals surface area (Å²) in [6, 6.07) is 10.3. The number of hydrazine groups is 1. The number of ether oxygens (including phenoxy) is 1. The highest BCUT2D eigenvalue weighted by molar-refractivity contribution is 5.93. The van der Waals surface area contributed by atoms with E-state index in [4.69, 9.17) is 4.74 Å². The highest BCUT2D eigenvalue weighted by Gasteiger charge is 2.41. The molecule has 0 radical (unpaired) electrons. The number of amides is 1. The summed E-state index contributed by atoms with van der Waals surface area (Å²) in [7, 11) is 0. The number of carbonyl (C=O) groups is 1. The van der Waals surface area contributed by atoms with E-state index >= 15 is 0 Å². The Morgan fingerprint density at radius 3 is 2.77 bits per heavy atom. The Morgan fingerprint density at radius 2 is 2.00 bits per heavy atom. The van der Waals surface area contributed by atoms with E-state index in [1.54, 1.807) is 12.4 Å². The maximum atomic E-state index is 12.8. The fourth-order valence-corrected chi connectivity index (χ4v) is 3.63. The van der Waals surface area contributed by atoms with Crippen LogP contribution >= 0.6 is 0 Å². The molecule has 26 heavy (non-hydrogen) atoms. The van der Waals surface area contributed by atoms with E-state index in [1.165, 1.54) is 0 Å². The van der Waals surface area contributed by atoms with Crippen LogP contribution in [-0.4, -0.2) is 52.6 Å². The van der Waals surface area contributed by atoms with Gasteiger partial charge in [-0.05, 0) is 25.5 Å². The number of likely N-dealkylation sites (tertiary alicyclic amines) is 1. The minimum absolute atomic E-state index is 0.00178. The molecule has 7 nitrogen and oxygen atoms in total. The summed E-state index contributed by atoms with van der Waals surface area (Å²) in [6.07, 6.45) is 4.13. The molecule has 7 heteroatoms. The summed E-state index contributed by atoms with van der Waals surface area (Å²) < 4.78 is 5.91. The number of fused-ring (bicyclic) bond motifs is 1. The van der Waals surface area contributed by atoms with Crippen LogP contribution in [0.15, 0.2) is 42.7 Å². The van der Waals surface area contributed by atoms with Gasteiger partial charge in [-0.3, -0.25) is 15.6 Å². The van der Waals surface area contributed by atoms with Gasteiger partial charge in [0.2, 0.25) is 0 Å². The first-order chi connectivity index (χ1) is 12.7. The largest absolute Gasteiger partial charge is 0.492 e. The van der Waals surface area contributed by atoms with E-state index in [-0.39, 0.29) is 11.9 Å². The van der Waals surface area contributed by atoms with Crippen LogP contribution in [0.2, 0.25) is 0 Å². The van der Waals surface area contributed by atoms with E-state index in [1.807, 2.05) is 42.2 Å². The minimum Gasteiger partial charge on any atom is -0.492 e. The predicted molar refractivity (Wildman–Crippen MR) is 96.6 cm³/mol. The van der Waals surface area contributed by atoms with Gasteiger partial charge in [0.05, 0.1) is 11.6 Å². The van der Waals surface area contributed by atoms with Gasteiger partial charge >= 0.3 is 0 Å². The zero-order valence-electron chi connectivity index (χ0n) is 14.8. The van der Waals surface area contributed by atoms with Crippen molar-refractivity contribution in [2.75, 3.05) is 19.7 Å². The molecule has 3 heterocycles. The van der Waals surface area contributed by atoms with Gasteiger partial charge in [0, 0.05) is 37.4 Å². The summed E-state index contributed by atoms with van der Waals surface area (Å²) in [5, 5.41) is 0. The zero-order chi connectivity index (χ0) is 17.9. The number of carbonyl (C=O) groups excluding carboxylic acids is 1. The molecule has 2 N–H and O–H groups in total. The topological polar surface area (TPSA) is 79.4 Å². The van der Waals surface area contributed by atoms with Crippen LogP contribution in [-0.2, 0) is 0 Å². The lowest BCUT2D eigenvalue weighted by Crippen LogP contribution is -2.49. The van der Waals surface area contributed by atoms with Gasteiger partial charge in [0.1, 0.15) is 18.2 Å². The number of aromatic nitrogens is 2. The predicted octanol–water partition coefficient (Wildman–Crippen LogP) is 1.17. The Balaban J connectivity index is 1.39. The van der Waals surface area contributed by atoms with E-state index in [9.17, 15) is 4.79 Å². The Bertz CT molecular complexity index is 752. The molecule has 2 aliphatic heterocycles. The summed E-state index contributed by atoms with van der Waals surface area (Å²) in [5.41, 5.74) is 7.24. The average Bonchev–Trinajstić information content (AvgIpc) is 3.09. The first kappa shape index (κ1) is 16.9. The number of benzene rings is 1. The van der Waals surface area contributed by atoms with Gasteiger partial charge in [0.15, 0.2) is 0 Å². The van der Waals surface area contributed by atoms with Crippen molar-refractivity contribution in [3.63, 3.8) is 0 Å². The smallest absolute Gasteiger partial charge is 0.257 e. The normalized spacial score (nSPS) is 25.0. The molecule has 2 saturated heterocycles. The molecule has 2 aliphatic rings. The van der Waals surface area contributed by atoms with Crippen LogP contribution in [0.1, 0.15) is 22.6 Å². The second-order valence-electron chi connectivity index (χ2n) is 6.85. The van der Waals surface area contributed by atoms with Gasteiger partial charge in [-0.2, -0.15) is 0 Å². The van der Waals surface area contributed by atoms with Crippen molar-refractivity contribution in [2.45, 2.75) is 25.4 Å². The maximum Gasteiger partial charge on any atom is 0.257 e. The molecule has 1 aromatic carbocycles. The molecular weight excluding hydrogens is 330 g/mol. The van der Waals surface area contributed by atoms with Gasteiger partial charge < -0.3 is 9.64 Å². The van der Waals surface area contributed by atoms with Crippen LogP contribution in [0.3, 0.4) is 0 Å². The zero-order valence-corrected chi connectivity index (χ0v) is 14.8. The molecule has 4 rings (SSSR count). The van der Waals surface area contributed by atoms with E-state index < -0.39 is 0 Å². The summed E-state index contributed by atoms with van der Waals surface area (Å²) in [4.78, 5) is 22.9. The van der Waals surface area contributed by atoms with Crippen molar-refractivity contribution in [1.82, 2.24) is 25.7 Å². The third-order valence-electron chi connectivity index (χ3n) is 5.12. The Morgan fingerprint density at radius 1 is 1.23 bits per heavy atom. The molecule has 1 amide bonds. The molecule has 0 spiro atoms. The number of hydrogen-bond donors (Lipinski definition) is 2. The lowest BCUT2D eigenvalue weighted by molar-refractivity contribution is 0.0639. The fourth-order valence-electron chi connectivity index (χ4n) is 3.63. The van der Waals surface area contributed by atoms with Crippen LogP contribution < -0.4 is 15.6 Å². The number of aryl methyl sites for hydroxylation is 1. The highest BCUT2D eigenvalue weighted by atomic mass is 16.5. The lowest BCUT2D eigenvalue weighted by atomic mass is 9.88. The monoisotopic (exact) mass is 353 g/mol. The van der Waals surface area contributed by atoms with Crippen LogP contribution in [0, 0.1) is 12.8 Å². The molecule has 2 fully saturated rings. The molecule has 2 aromatic rings. The summed E-state index contributed by atoms with van der Waals surface area (Å²) in [5.74, 6) is 1.83. The Hall–Kier alpha value is -2.51. The van der Waals surface area contributed by atoms with Crippen molar-refractivity contribution < 1.29 is 9.53 Å². The molecule has 0 aliphatic carbocycles. The first-order valence-electron chi connectivity index (χ1n) is 8.97. The third-order valence-corrected chi connectivity index (χ3v) is 5.12. The molecule has 0 bridgehead atoms. The van der Waals surface area contributed by atoms with Crippen molar-refractivity contribution >= 4 is 5.91 Å². The van der Waals surface area contributed by atoms with E-state index in [2.05, 4.69) is 20.8 Å². The first-order valence-corrected chi connectivity index (χ1v) is 8.97. The van der Waals surface area contributed by atoms with Gasteiger partial charge in [0.25, 0.3) is 5.91 Å². The van der Waals surface area contributed by atoms with Gasteiger partial charge in [-0.25, -0.2) is 9.97 Å². The highest BCUT2D eigenvalue weighted by Crippen LogP contribution is 2.26. The second-order valence-corrected chi connectivity index (χ2v) is 6.85. The van der Waals surface area contributed by atoms with E-state index in [0.29, 0.717) is 36.5 Å². The number of rotatable bonds is 4. The quantitative estimate of drug-likeness (QED) is 0.859. The van der Waals surface area contributed by atoms with Crippen molar-refractivity contribution in [1.29, 1.82) is 0 Å². The SMILES string of the molecule is Cc1ncc(C(=O)N2CCC3NNC(COc4ccccc4)C3C2)cn1. The number of nitrogens with zero attached hydrogens (tertiary/aromatic N) is 3. The van der Waals surface area contributed by atoms with Gasteiger partial charge in [-0.1, -0.05) is 18.2 Å². The molecular formula is C19H23N5O2. The average molecular weight is 353 g/mol. The van der Waals surface area contributed by atoms with Crippen LogP contribution in [0.4, 0.5) is 0 Å². The molecule has 1 aromatic heterocycles. The Kier molecular flexibility index (Phi) is 4.81.